The van der Waals surface area contributed by atoms with Crippen molar-refractivity contribution in [2.75, 3.05) is 7.05 Å². The molecule has 2 unspecified atom stereocenters. The summed E-state index contributed by atoms with van der Waals surface area (Å²) in [6.07, 6.45) is 12.9. The van der Waals surface area contributed by atoms with Gasteiger partial charge in [-0.25, -0.2) is 0 Å². The number of hydrogen-bond acceptors (Lipinski definition) is 2. The van der Waals surface area contributed by atoms with Crippen LogP contribution in [-0.4, -0.2) is 36.1 Å². The summed E-state index contributed by atoms with van der Waals surface area (Å²) in [7, 11) is 2.15. The summed E-state index contributed by atoms with van der Waals surface area (Å²) in [4.78, 5) is 2.98. The average molecular weight is 264 g/mol. The van der Waals surface area contributed by atoms with Gasteiger partial charge in [-0.15, -0.1) is 0 Å². The highest BCUT2D eigenvalue weighted by atomic mass is 15.2. The highest BCUT2D eigenvalue weighted by molar-refractivity contribution is 4.99. The number of nitrogens with one attached hydrogen (secondary N) is 1. The highest BCUT2D eigenvalue weighted by Gasteiger charge is 2.42. The van der Waals surface area contributed by atoms with E-state index in [0.717, 1.165) is 24.2 Å². The second-order valence-electron chi connectivity index (χ2n) is 8.04. The molecule has 2 bridgehead atoms. The Hall–Kier alpha value is -0.0800. The lowest BCUT2D eigenvalue weighted by Gasteiger charge is -2.54. The van der Waals surface area contributed by atoms with Gasteiger partial charge in [0.15, 0.2) is 0 Å². The van der Waals surface area contributed by atoms with E-state index in [1.807, 2.05) is 0 Å². The number of hydrogen-bond donors (Lipinski definition) is 1. The van der Waals surface area contributed by atoms with Crippen molar-refractivity contribution in [1.82, 2.24) is 10.2 Å². The van der Waals surface area contributed by atoms with Crippen molar-refractivity contribution in [1.29, 1.82) is 0 Å². The zero-order valence-corrected chi connectivity index (χ0v) is 13.1. The Balaban J connectivity index is 1.67. The van der Waals surface area contributed by atoms with Crippen LogP contribution in [0, 0.1) is 5.41 Å². The van der Waals surface area contributed by atoms with Crippen molar-refractivity contribution in [2.45, 2.75) is 95.8 Å². The lowest BCUT2D eigenvalue weighted by molar-refractivity contribution is -0.0316. The zero-order valence-electron chi connectivity index (χ0n) is 13.1. The fourth-order valence-electron chi connectivity index (χ4n) is 4.93. The van der Waals surface area contributed by atoms with Crippen molar-refractivity contribution in [3.63, 3.8) is 0 Å². The van der Waals surface area contributed by atoms with Gasteiger partial charge in [0.05, 0.1) is 0 Å². The zero-order chi connectivity index (χ0) is 13.5. The maximum Gasteiger partial charge on any atom is 0.0116 e. The third-order valence-electron chi connectivity index (χ3n) is 6.17. The van der Waals surface area contributed by atoms with Crippen molar-refractivity contribution in [2.24, 2.45) is 5.41 Å². The molecule has 0 amide bonds. The Labute approximate surface area is 119 Å². The second kappa shape index (κ2) is 5.37. The summed E-state index contributed by atoms with van der Waals surface area (Å²) in [6.45, 7) is 4.91. The van der Waals surface area contributed by atoms with Gasteiger partial charge in [0, 0.05) is 24.2 Å². The van der Waals surface area contributed by atoms with Crippen LogP contribution < -0.4 is 5.32 Å². The van der Waals surface area contributed by atoms with Gasteiger partial charge in [-0.3, -0.25) is 4.90 Å². The molecule has 3 rings (SSSR count). The largest absolute Gasteiger partial charge is 0.317 e. The first kappa shape index (κ1) is 13.9. The first-order chi connectivity index (χ1) is 9.09. The van der Waals surface area contributed by atoms with E-state index < -0.39 is 0 Å². The molecule has 2 heteroatoms. The van der Waals surface area contributed by atoms with Gasteiger partial charge < -0.3 is 5.32 Å². The van der Waals surface area contributed by atoms with Crippen LogP contribution in [0.4, 0.5) is 0 Å². The summed E-state index contributed by atoms with van der Waals surface area (Å²) in [6, 6.07) is 3.46. The smallest absolute Gasteiger partial charge is 0.0116 e. The summed E-state index contributed by atoms with van der Waals surface area (Å²) >= 11 is 0. The van der Waals surface area contributed by atoms with E-state index in [-0.39, 0.29) is 0 Å². The third-order valence-corrected chi connectivity index (χ3v) is 6.17. The van der Waals surface area contributed by atoms with Gasteiger partial charge in [-0.05, 0) is 63.8 Å². The Bertz CT molecular complexity index is 288. The maximum atomic E-state index is 3.54. The SMILES string of the molecule is CNC1CC2CCCC(C1)N2C1CCC(C)(C)CC1. The van der Waals surface area contributed by atoms with Crippen molar-refractivity contribution < 1.29 is 0 Å². The normalized spacial score (nSPS) is 40.3. The monoisotopic (exact) mass is 264 g/mol. The molecule has 2 atom stereocenters. The molecule has 2 aliphatic heterocycles. The molecule has 0 aromatic rings. The van der Waals surface area contributed by atoms with Crippen LogP contribution in [0.2, 0.25) is 0 Å². The van der Waals surface area contributed by atoms with Crippen LogP contribution >= 0.6 is 0 Å². The molecule has 0 aromatic heterocycles. The van der Waals surface area contributed by atoms with Crippen LogP contribution in [0.5, 0.6) is 0 Å². The Morgan fingerprint density at radius 3 is 2.00 bits per heavy atom. The minimum atomic E-state index is 0.606. The fraction of sp³-hybridized carbons (Fsp3) is 1.00. The van der Waals surface area contributed by atoms with Crippen molar-refractivity contribution in [3.8, 4) is 0 Å². The van der Waals surface area contributed by atoms with E-state index in [1.165, 1.54) is 57.8 Å². The molecular weight excluding hydrogens is 232 g/mol. The van der Waals surface area contributed by atoms with E-state index in [1.54, 1.807) is 0 Å². The molecule has 0 aromatic carbocycles. The Kier molecular flexibility index (Phi) is 3.92. The molecule has 0 spiro atoms. The third kappa shape index (κ3) is 2.85. The van der Waals surface area contributed by atoms with Crippen molar-refractivity contribution in [3.05, 3.63) is 0 Å². The van der Waals surface area contributed by atoms with E-state index in [4.69, 9.17) is 0 Å². The van der Waals surface area contributed by atoms with Crippen LogP contribution in [-0.2, 0) is 0 Å². The maximum absolute atomic E-state index is 3.54. The second-order valence-corrected chi connectivity index (χ2v) is 8.04. The summed E-state index contributed by atoms with van der Waals surface area (Å²) < 4.78 is 0. The average Bonchev–Trinajstić information content (AvgIpc) is 2.37. The molecular formula is C17H32N2. The first-order valence-electron chi connectivity index (χ1n) is 8.54. The highest BCUT2D eigenvalue weighted by Crippen LogP contribution is 2.42. The molecule has 19 heavy (non-hydrogen) atoms. The molecule has 1 N–H and O–H groups in total. The number of nitrogens with zero attached hydrogens (tertiary/aromatic N) is 1. The van der Waals surface area contributed by atoms with Crippen LogP contribution in [0.1, 0.15) is 71.6 Å². The van der Waals surface area contributed by atoms with E-state index in [0.29, 0.717) is 5.41 Å². The summed E-state index contributed by atoms with van der Waals surface area (Å²) in [5.41, 5.74) is 0.606. The molecule has 110 valence electrons. The van der Waals surface area contributed by atoms with Gasteiger partial charge in [0.1, 0.15) is 0 Å². The van der Waals surface area contributed by atoms with Gasteiger partial charge in [0.25, 0.3) is 0 Å². The summed E-state index contributed by atoms with van der Waals surface area (Å²) in [5, 5.41) is 3.54. The van der Waals surface area contributed by atoms with Gasteiger partial charge >= 0.3 is 0 Å². The molecule has 2 saturated heterocycles. The molecule has 1 aliphatic carbocycles. The number of piperidine rings is 2. The van der Waals surface area contributed by atoms with Crippen molar-refractivity contribution >= 4 is 0 Å². The molecule has 3 fully saturated rings. The molecule has 1 saturated carbocycles. The molecule has 2 nitrogen and oxygen atoms in total. The molecule has 0 radical (unpaired) electrons. The minimum Gasteiger partial charge on any atom is -0.317 e. The molecule has 3 aliphatic rings. The van der Waals surface area contributed by atoms with E-state index >= 15 is 0 Å². The van der Waals surface area contributed by atoms with Gasteiger partial charge in [-0.2, -0.15) is 0 Å². The fourth-order valence-corrected chi connectivity index (χ4v) is 4.93. The Morgan fingerprint density at radius 1 is 0.895 bits per heavy atom. The standard InChI is InChI=1S/C17H32N2/c1-17(2)9-7-14(8-10-17)19-15-5-4-6-16(19)12-13(11-15)18-3/h13-16,18H,4-12H2,1-3H3. The minimum absolute atomic E-state index is 0.606. The first-order valence-corrected chi connectivity index (χ1v) is 8.54. The predicted octanol–water partition coefficient (Wildman–Crippen LogP) is 3.56. The quantitative estimate of drug-likeness (QED) is 0.820. The van der Waals surface area contributed by atoms with Crippen LogP contribution in [0.25, 0.3) is 0 Å². The lowest BCUT2D eigenvalue weighted by Crippen LogP contribution is -2.59. The number of fused-ring (bicyclic) bond motifs is 2. The predicted molar refractivity (Wildman–Crippen MR) is 81.4 cm³/mol. The van der Waals surface area contributed by atoms with Gasteiger partial charge in [-0.1, -0.05) is 20.3 Å². The topological polar surface area (TPSA) is 15.3 Å². The van der Waals surface area contributed by atoms with Crippen LogP contribution in [0.3, 0.4) is 0 Å². The van der Waals surface area contributed by atoms with Crippen LogP contribution in [0.15, 0.2) is 0 Å². The number of rotatable bonds is 2. The Morgan fingerprint density at radius 2 is 1.47 bits per heavy atom. The van der Waals surface area contributed by atoms with Gasteiger partial charge in [0.2, 0.25) is 0 Å². The van der Waals surface area contributed by atoms with E-state index in [2.05, 4.69) is 31.1 Å². The lowest BCUT2D eigenvalue weighted by atomic mass is 9.72. The van der Waals surface area contributed by atoms with E-state index in [9.17, 15) is 0 Å². The molecule has 2 heterocycles. The summed E-state index contributed by atoms with van der Waals surface area (Å²) in [5.74, 6) is 0.